The average Bonchev–Trinajstić information content (AvgIpc) is 2.54. The number of anilines is 1. The molecule has 1 aliphatic heterocycles. The number of hydrogen-bond donors (Lipinski definition) is 2. The van der Waals surface area contributed by atoms with E-state index in [1.54, 1.807) is 0 Å². The summed E-state index contributed by atoms with van der Waals surface area (Å²) in [5.41, 5.74) is 12.7. The molecule has 6 nitrogen and oxygen atoms in total. The van der Waals surface area contributed by atoms with Crippen molar-refractivity contribution in [1.29, 1.82) is 0 Å². The van der Waals surface area contributed by atoms with E-state index < -0.39 is 0 Å². The summed E-state index contributed by atoms with van der Waals surface area (Å²) in [6.07, 6.45) is 6.35. The first-order valence-corrected chi connectivity index (χ1v) is 8.37. The van der Waals surface area contributed by atoms with Crippen molar-refractivity contribution in [2.45, 2.75) is 51.1 Å². The minimum absolute atomic E-state index is 0.281. The molecule has 0 atom stereocenters. The first-order valence-electron chi connectivity index (χ1n) is 8.37. The molecule has 0 bridgehead atoms. The molecule has 6 heteroatoms. The number of nitrogens with zero attached hydrogens (tertiary/aromatic N) is 3. The first kappa shape index (κ1) is 15.6. The lowest BCUT2D eigenvalue weighted by molar-refractivity contribution is 0.305. The maximum absolute atomic E-state index is 6.21. The highest BCUT2D eigenvalue weighted by molar-refractivity contribution is 6.05. The second kappa shape index (κ2) is 6.48. The maximum Gasteiger partial charge on any atom is 0.220 e. The number of ether oxygens (including phenoxy) is 1. The summed E-state index contributed by atoms with van der Waals surface area (Å²) in [7, 11) is 0. The van der Waals surface area contributed by atoms with Crippen LogP contribution in [0.2, 0.25) is 0 Å². The predicted octanol–water partition coefficient (Wildman–Crippen LogP) is 2.59. The third-order valence-electron chi connectivity index (χ3n) is 4.42. The Morgan fingerprint density at radius 3 is 2.48 bits per heavy atom. The number of aliphatic imine (C=N–C) groups is 2. The molecule has 0 unspecified atom stereocenters. The van der Waals surface area contributed by atoms with Gasteiger partial charge in [0.05, 0.1) is 6.61 Å². The van der Waals surface area contributed by atoms with E-state index in [0.717, 1.165) is 50.1 Å². The van der Waals surface area contributed by atoms with Gasteiger partial charge in [0.2, 0.25) is 11.9 Å². The van der Waals surface area contributed by atoms with Gasteiger partial charge in [-0.05, 0) is 56.4 Å². The molecule has 0 amide bonds. The summed E-state index contributed by atoms with van der Waals surface area (Å²) in [4.78, 5) is 10.9. The van der Waals surface area contributed by atoms with E-state index in [2.05, 4.69) is 16.9 Å². The molecule has 1 fully saturated rings. The summed E-state index contributed by atoms with van der Waals surface area (Å²) in [6, 6.07) is 7.97. The Balaban J connectivity index is 1.90. The van der Waals surface area contributed by atoms with E-state index in [-0.39, 0.29) is 11.6 Å². The predicted molar refractivity (Wildman–Crippen MR) is 93.8 cm³/mol. The summed E-state index contributed by atoms with van der Waals surface area (Å²) in [5.74, 6) is 1.56. The summed E-state index contributed by atoms with van der Waals surface area (Å²) in [6.45, 7) is 2.81. The van der Waals surface area contributed by atoms with Gasteiger partial charge in [0, 0.05) is 5.69 Å². The van der Waals surface area contributed by atoms with Crippen LogP contribution in [0.25, 0.3) is 0 Å². The van der Waals surface area contributed by atoms with Crippen molar-refractivity contribution in [1.82, 2.24) is 0 Å². The van der Waals surface area contributed by atoms with Crippen molar-refractivity contribution in [3.63, 3.8) is 0 Å². The minimum atomic E-state index is -0.389. The van der Waals surface area contributed by atoms with Crippen LogP contribution in [-0.4, -0.2) is 24.2 Å². The lowest BCUT2D eigenvalue weighted by Crippen LogP contribution is -2.58. The van der Waals surface area contributed by atoms with Gasteiger partial charge in [0.15, 0.2) is 0 Å². The van der Waals surface area contributed by atoms with Crippen LogP contribution in [0, 0.1) is 0 Å². The normalized spacial score (nSPS) is 20.1. The zero-order valence-electron chi connectivity index (χ0n) is 13.7. The smallest absolute Gasteiger partial charge is 0.220 e. The SMILES string of the molecule is CCCOc1ccc(N2C(N)=NC(N)=NC23CCCCC3)cc1. The van der Waals surface area contributed by atoms with Crippen LogP contribution in [0.4, 0.5) is 5.69 Å². The summed E-state index contributed by atoms with van der Waals surface area (Å²) in [5, 5.41) is 0. The van der Waals surface area contributed by atoms with Crippen molar-refractivity contribution in [3.05, 3.63) is 24.3 Å². The van der Waals surface area contributed by atoms with Gasteiger partial charge >= 0.3 is 0 Å². The minimum Gasteiger partial charge on any atom is -0.494 e. The Bertz CT molecular complexity index is 602. The average molecular weight is 315 g/mol. The Hall–Kier alpha value is -2.24. The molecule has 1 aromatic carbocycles. The van der Waals surface area contributed by atoms with Crippen LogP contribution in [0.5, 0.6) is 5.75 Å². The lowest BCUT2D eigenvalue weighted by Gasteiger charge is -2.45. The Morgan fingerprint density at radius 1 is 1.13 bits per heavy atom. The summed E-state index contributed by atoms with van der Waals surface area (Å²) < 4.78 is 5.65. The van der Waals surface area contributed by atoms with Gasteiger partial charge in [0.1, 0.15) is 11.4 Å². The fourth-order valence-corrected chi connectivity index (χ4v) is 3.41. The molecule has 0 saturated heterocycles. The second-order valence-corrected chi connectivity index (χ2v) is 6.16. The molecule has 1 spiro atoms. The molecule has 1 aliphatic carbocycles. The van der Waals surface area contributed by atoms with Crippen molar-refractivity contribution in [3.8, 4) is 5.75 Å². The quantitative estimate of drug-likeness (QED) is 0.893. The first-order chi connectivity index (χ1) is 11.1. The molecule has 1 heterocycles. The molecule has 23 heavy (non-hydrogen) atoms. The van der Waals surface area contributed by atoms with Gasteiger partial charge in [-0.25, -0.2) is 4.99 Å². The van der Waals surface area contributed by atoms with Gasteiger partial charge in [-0.3, -0.25) is 4.90 Å². The lowest BCUT2D eigenvalue weighted by atomic mass is 9.87. The number of guanidine groups is 2. The number of hydrogen-bond acceptors (Lipinski definition) is 6. The van der Waals surface area contributed by atoms with E-state index in [1.165, 1.54) is 6.42 Å². The van der Waals surface area contributed by atoms with Crippen molar-refractivity contribution >= 4 is 17.6 Å². The molecule has 1 saturated carbocycles. The molecule has 124 valence electrons. The molecule has 2 aliphatic rings. The van der Waals surface area contributed by atoms with Crippen molar-refractivity contribution < 1.29 is 4.74 Å². The van der Waals surface area contributed by atoms with Gasteiger partial charge in [-0.15, -0.1) is 0 Å². The van der Waals surface area contributed by atoms with E-state index in [0.29, 0.717) is 5.96 Å². The van der Waals surface area contributed by atoms with Gasteiger partial charge < -0.3 is 16.2 Å². The van der Waals surface area contributed by atoms with Crippen LogP contribution in [0.3, 0.4) is 0 Å². The summed E-state index contributed by atoms with van der Waals surface area (Å²) >= 11 is 0. The van der Waals surface area contributed by atoms with Crippen LogP contribution in [-0.2, 0) is 0 Å². The van der Waals surface area contributed by atoms with E-state index >= 15 is 0 Å². The van der Waals surface area contributed by atoms with Crippen LogP contribution in [0.15, 0.2) is 34.3 Å². The molecular formula is C17H25N5O. The highest BCUT2D eigenvalue weighted by Crippen LogP contribution is 2.39. The van der Waals surface area contributed by atoms with Gasteiger partial charge in [-0.2, -0.15) is 4.99 Å². The van der Waals surface area contributed by atoms with Crippen LogP contribution < -0.4 is 21.1 Å². The second-order valence-electron chi connectivity index (χ2n) is 6.16. The molecule has 0 radical (unpaired) electrons. The third-order valence-corrected chi connectivity index (χ3v) is 4.42. The number of nitrogens with two attached hydrogens (primary N) is 2. The maximum atomic E-state index is 6.21. The molecule has 1 aromatic rings. The Morgan fingerprint density at radius 2 is 1.83 bits per heavy atom. The Kier molecular flexibility index (Phi) is 4.41. The molecule has 3 rings (SSSR count). The largest absolute Gasteiger partial charge is 0.494 e. The van der Waals surface area contributed by atoms with E-state index in [1.807, 2.05) is 29.2 Å². The van der Waals surface area contributed by atoms with Crippen LogP contribution in [0.1, 0.15) is 45.4 Å². The standard InChI is InChI=1S/C17H25N5O/c1-2-12-23-14-8-6-13(7-9-14)22-16(19)20-15(18)21-17(22)10-4-3-5-11-17/h6-9H,2-5,10-12H2,1H3,(H4,18,19,20,21). The fourth-order valence-electron chi connectivity index (χ4n) is 3.41. The zero-order valence-corrected chi connectivity index (χ0v) is 13.7. The number of rotatable bonds is 4. The van der Waals surface area contributed by atoms with Crippen LogP contribution >= 0.6 is 0 Å². The monoisotopic (exact) mass is 315 g/mol. The highest BCUT2D eigenvalue weighted by Gasteiger charge is 2.42. The molecule has 0 aromatic heterocycles. The van der Waals surface area contributed by atoms with Gasteiger partial charge in [-0.1, -0.05) is 13.3 Å². The third kappa shape index (κ3) is 3.11. The van der Waals surface area contributed by atoms with Crippen molar-refractivity contribution in [2.75, 3.05) is 11.5 Å². The topological polar surface area (TPSA) is 89.2 Å². The molecule has 4 N–H and O–H groups in total. The molecular weight excluding hydrogens is 290 g/mol. The number of benzene rings is 1. The fraction of sp³-hybridized carbons (Fsp3) is 0.529. The zero-order chi connectivity index (χ0) is 16.3. The van der Waals surface area contributed by atoms with E-state index in [9.17, 15) is 0 Å². The van der Waals surface area contributed by atoms with E-state index in [4.69, 9.17) is 16.2 Å². The van der Waals surface area contributed by atoms with Crippen molar-refractivity contribution in [2.24, 2.45) is 21.5 Å². The Labute approximate surface area is 137 Å². The van der Waals surface area contributed by atoms with Gasteiger partial charge in [0.25, 0.3) is 0 Å². The highest BCUT2D eigenvalue weighted by atomic mass is 16.5.